The van der Waals surface area contributed by atoms with Crippen LogP contribution in [0.5, 0.6) is 0 Å². The maximum absolute atomic E-state index is 15.0. The zero-order chi connectivity index (χ0) is 46.2. The van der Waals surface area contributed by atoms with E-state index in [1.54, 1.807) is 41.5 Å². The van der Waals surface area contributed by atoms with E-state index in [0.717, 1.165) is 20.8 Å². The van der Waals surface area contributed by atoms with E-state index in [2.05, 4.69) is 0 Å². The van der Waals surface area contributed by atoms with Gasteiger partial charge in [0.05, 0.1) is 36.7 Å². The third-order valence-electron chi connectivity index (χ3n) is 16.4. The summed E-state index contributed by atoms with van der Waals surface area (Å²) in [6.45, 7) is 16.0. The highest BCUT2D eigenvalue weighted by molar-refractivity contribution is 5.92. The van der Waals surface area contributed by atoms with Crippen LogP contribution in [0.15, 0.2) is 34.3 Å². The van der Waals surface area contributed by atoms with Crippen molar-refractivity contribution in [2.24, 2.45) is 34.0 Å². The first kappa shape index (κ1) is 43.7. The van der Waals surface area contributed by atoms with Gasteiger partial charge in [0, 0.05) is 62.3 Å². The summed E-state index contributed by atoms with van der Waals surface area (Å²) in [5, 5.41) is 26.7. The first-order chi connectivity index (χ1) is 29.2. The highest BCUT2D eigenvalue weighted by Gasteiger charge is 3.07. The van der Waals surface area contributed by atoms with Crippen LogP contribution in [-0.2, 0) is 76.1 Å². The summed E-state index contributed by atoms with van der Waals surface area (Å²) in [5.41, 5.74) is -16.9. The molecule has 63 heavy (non-hydrogen) atoms. The fraction of sp³-hybridized carbons (Fsp3) is 0.727. The molecule has 1 aromatic rings. The molecule has 0 amide bonds. The highest BCUT2D eigenvalue weighted by Crippen LogP contribution is 2.90. The molecule has 4 saturated carbocycles. The minimum atomic E-state index is -2.69. The average molecular weight is 887 g/mol. The topological polar surface area (TPSA) is 252 Å². The predicted molar refractivity (Wildman–Crippen MR) is 205 cm³/mol. The summed E-state index contributed by atoms with van der Waals surface area (Å²) < 4.78 is 70.1. The van der Waals surface area contributed by atoms with Gasteiger partial charge in [0.15, 0.2) is 40.7 Å². The number of allylic oxidation sites excluding steroid dienone is 1. The molecule has 2 N–H and O–H groups in total. The highest BCUT2D eigenvalue weighted by atomic mass is 16.9. The average Bonchev–Trinajstić information content (AvgIpc) is 3.50. The van der Waals surface area contributed by atoms with Gasteiger partial charge in [-0.1, -0.05) is 34.6 Å². The third-order valence-corrected chi connectivity index (χ3v) is 16.4. The van der Waals surface area contributed by atoms with Crippen LogP contribution in [0, 0.1) is 34.0 Å². The largest absolute Gasteiger partial charge is 0.511 e. The third kappa shape index (κ3) is 4.72. The van der Waals surface area contributed by atoms with Gasteiger partial charge in [0.1, 0.15) is 23.6 Å². The van der Waals surface area contributed by atoms with Gasteiger partial charge in [0.2, 0.25) is 0 Å². The minimum absolute atomic E-state index is 0.218. The molecule has 19 nitrogen and oxygen atoms in total. The Labute approximate surface area is 362 Å². The summed E-state index contributed by atoms with van der Waals surface area (Å²) in [7, 11) is 1.19. The number of methoxy groups -OCH3 is 1. The Morgan fingerprint density at radius 1 is 0.889 bits per heavy atom. The zero-order valence-electron chi connectivity index (χ0n) is 37.2. The molecule has 17 atom stereocenters. The molecule has 2 spiro atoms. The Balaban J connectivity index is 1.49. The van der Waals surface area contributed by atoms with E-state index in [-0.39, 0.29) is 12.0 Å². The molecule has 4 aliphatic carbocycles. The van der Waals surface area contributed by atoms with Crippen molar-refractivity contribution < 1.29 is 90.8 Å². The molecule has 4 aliphatic heterocycles. The molecule has 19 heteroatoms. The van der Waals surface area contributed by atoms with Crippen LogP contribution in [0.3, 0.4) is 0 Å². The van der Waals surface area contributed by atoms with Gasteiger partial charge in [-0.25, -0.2) is 9.59 Å². The van der Waals surface area contributed by atoms with Crippen LogP contribution in [0.1, 0.15) is 101 Å². The molecule has 5 heterocycles. The number of rotatable bonds is 9. The Bertz CT molecular complexity index is 2270. The van der Waals surface area contributed by atoms with Crippen molar-refractivity contribution in [1.29, 1.82) is 0 Å². The summed E-state index contributed by atoms with van der Waals surface area (Å²) in [5.74, 6) is -12.0. The SMILES string of the molecule is COC(=O)C[C@H]1[C@@]2(C)C[C@@]34O[C@]5(C)O[C@]6([C@@H]7C(=C(O)C(C)C)C(=O)O[C@@H](c8ccoc8)[C@]7(C)[C@@H](OC(C)=O)[C@@H](OC(C)=O)[C@]6(O5)[C@]13C)[C@H](OC(C)=O)[C@@]4(O)[C@H]2OC(=O)C1(C)OC1C. The smallest absolute Gasteiger partial charge is 0.341 e. The number of carbonyl (C=O) groups is 6. The second kappa shape index (κ2) is 12.8. The van der Waals surface area contributed by atoms with E-state index < -0.39 is 158 Å². The minimum Gasteiger partial charge on any atom is -0.511 e. The molecule has 344 valence electrons. The van der Waals surface area contributed by atoms with Crippen molar-refractivity contribution in [3.8, 4) is 0 Å². The van der Waals surface area contributed by atoms with E-state index in [4.69, 9.17) is 51.8 Å². The second-order valence-corrected chi connectivity index (χ2v) is 19.9. The number of esters is 6. The van der Waals surface area contributed by atoms with Gasteiger partial charge in [0.25, 0.3) is 5.97 Å². The van der Waals surface area contributed by atoms with Gasteiger partial charge in [-0.3, -0.25) is 19.2 Å². The number of furan rings is 1. The van der Waals surface area contributed by atoms with Crippen molar-refractivity contribution in [2.45, 2.75) is 160 Å². The number of hydrogen-bond acceptors (Lipinski definition) is 19. The maximum atomic E-state index is 15.0. The summed E-state index contributed by atoms with van der Waals surface area (Å²) in [4.78, 5) is 84.6. The van der Waals surface area contributed by atoms with Gasteiger partial charge in [-0.15, -0.1) is 0 Å². The van der Waals surface area contributed by atoms with Gasteiger partial charge in [-0.05, 0) is 32.3 Å². The number of aliphatic hydroxyl groups excluding tert-OH is 1. The molecule has 8 fully saturated rings. The fourth-order valence-corrected chi connectivity index (χ4v) is 14.2. The lowest BCUT2D eigenvalue weighted by Crippen LogP contribution is -2.97. The van der Waals surface area contributed by atoms with E-state index >= 15 is 4.79 Å². The van der Waals surface area contributed by atoms with E-state index in [1.807, 2.05) is 0 Å². The number of aliphatic hydroxyl groups is 2. The number of fused-ring (bicyclic) bond motifs is 3. The molecular formula is C44H54O19. The number of hydrogen-bond donors (Lipinski definition) is 2. The summed E-state index contributed by atoms with van der Waals surface area (Å²) in [6, 6.07) is 1.50. The predicted octanol–water partition coefficient (Wildman–Crippen LogP) is 3.19. The van der Waals surface area contributed by atoms with Crippen molar-refractivity contribution in [2.75, 3.05) is 7.11 Å². The van der Waals surface area contributed by atoms with E-state index in [1.165, 1.54) is 39.5 Å². The van der Waals surface area contributed by atoms with Crippen LogP contribution in [-0.4, -0.2) is 118 Å². The van der Waals surface area contributed by atoms with Crippen LogP contribution in [0.2, 0.25) is 0 Å². The molecule has 0 radical (unpaired) electrons. The summed E-state index contributed by atoms with van der Waals surface area (Å²) >= 11 is 0. The molecule has 8 aliphatic rings. The van der Waals surface area contributed by atoms with E-state index in [9.17, 15) is 34.2 Å². The molecule has 2 unspecified atom stereocenters. The second-order valence-electron chi connectivity index (χ2n) is 19.9. The molecule has 0 aromatic carbocycles. The van der Waals surface area contributed by atoms with Crippen molar-refractivity contribution in [3.05, 3.63) is 35.5 Å². The van der Waals surface area contributed by atoms with Gasteiger partial charge in [-0.2, -0.15) is 0 Å². The Kier molecular flexibility index (Phi) is 8.89. The van der Waals surface area contributed by atoms with Crippen LogP contribution in [0.25, 0.3) is 0 Å². The number of carbonyl (C=O) groups excluding carboxylic acids is 6. The quantitative estimate of drug-likeness (QED) is 0.119. The van der Waals surface area contributed by atoms with Crippen molar-refractivity contribution >= 4 is 35.8 Å². The van der Waals surface area contributed by atoms with Gasteiger partial charge >= 0.3 is 35.8 Å². The lowest BCUT2D eigenvalue weighted by molar-refractivity contribution is -0.490. The monoisotopic (exact) mass is 886 g/mol. The number of epoxide rings is 1. The molecule has 4 saturated heterocycles. The zero-order valence-corrected chi connectivity index (χ0v) is 37.2. The Morgan fingerprint density at radius 2 is 1.51 bits per heavy atom. The van der Waals surface area contributed by atoms with Crippen LogP contribution < -0.4 is 0 Å². The first-order valence-corrected chi connectivity index (χ1v) is 21.1. The number of ether oxygens (including phenoxy) is 10. The standard InChI is InChI=1S/C44H54O19/c1-18(2)27(49)26-28-37(8,29(58-32(26)50)23-13-14-54-16-23)30(55-20(4)45)31(56-21(5)46)44-39(10)24(15-25(48)53-12)36(7)17-41(39)42(52,33(36)59-35(51)38(9)19(3)60-38)34(57-22(6)47)43(28,44)62-40(11,61-41)63-44/h13-14,16,18-19,24,28-31,33-34,49,52H,15,17H2,1-12H3/t19?,24-,28+,29-,30-,31+,33-,34+,36+,37+,38?,39+,40+,41+,42-,43+,44-/m0/s1. The first-order valence-electron chi connectivity index (χ1n) is 21.1. The lowest BCUT2D eigenvalue weighted by Gasteiger charge is -2.78. The number of cyclic esters (lactones) is 1. The molecule has 9 rings (SSSR count). The van der Waals surface area contributed by atoms with Crippen LogP contribution in [0.4, 0.5) is 0 Å². The maximum Gasteiger partial charge on any atom is 0.341 e. The fourth-order valence-electron chi connectivity index (χ4n) is 14.2. The van der Waals surface area contributed by atoms with Gasteiger partial charge < -0.3 is 62.0 Å². The summed E-state index contributed by atoms with van der Waals surface area (Å²) in [6.07, 6.45) is -7.49. The normalized spacial score (nSPS) is 49.9. The Morgan fingerprint density at radius 3 is 2.05 bits per heavy atom. The van der Waals surface area contributed by atoms with Crippen molar-refractivity contribution in [1.82, 2.24) is 0 Å². The molecule has 4 bridgehead atoms. The van der Waals surface area contributed by atoms with Crippen LogP contribution >= 0.6 is 0 Å². The van der Waals surface area contributed by atoms with E-state index in [0.29, 0.717) is 0 Å². The Hall–Kier alpha value is -4.56. The molecule has 1 aromatic heterocycles. The lowest BCUT2D eigenvalue weighted by atomic mass is 9.32. The molecular weight excluding hydrogens is 832 g/mol. The van der Waals surface area contributed by atoms with Crippen molar-refractivity contribution in [3.63, 3.8) is 0 Å².